The zero-order valence-electron chi connectivity index (χ0n) is 13.9. The third-order valence-corrected chi connectivity index (χ3v) is 6.72. The van der Waals surface area contributed by atoms with Crippen LogP contribution in [0.5, 0.6) is 0 Å². The zero-order chi connectivity index (χ0) is 19.6. The molecule has 6 nitrogen and oxygen atoms in total. The number of nitrogens with one attached hydrogen (secondary N) is 1. The van der Waals surface area contributed by atoms with Crippen molar-refractivity contribution in [3.63, 3.8) is 0 Å². The number of amides is 1. The van der Waals surface area contributed by atoms with Gasteiger partial charge in [-0.05, 0) is 36.4 Å². The van der Waals surface area contributed by atoms with Crippen LogP contribution in [0.25, 0.3) is 0 Å². The Kier molecular flexibility index (Phi) is 6.30. The first-order valence-electron chi connectivity index (χ1n) is 7.92. The Labute approximate surface area is 172 Å². The number of ether oxygens (including phenoxy) is 1. The molecule has 2 aromatic carbocycles. The Morgan fingerprint density at radius 1 is 1.00 bits per heavy atom. The number of sulfonamides is 1. The summed E-state index contributed by atoms with van der Waals surface area (Å²) in [5.74, 6) is -0.511. The molecule has 0 radical (unpaired) electrons. The van der Waals surface area contributed by atoms with Crippen molar-refractivity contribution in [1.29, 1.82) is 0 Å². The highest BCUT2D eigenvalue weighted by Gasteiger charge is 2.29. The molecule has 0 aliphatic carbocycles. The molecule has 0 saturated carbocycles. The van der Waals surface area contributed by atoms with Crippen LogP contribution < -0.4 is 5.32 Å². The lowest BCUT2D eigenvalue weighted by atomic mass is 10.2. The molecule has 0 bridgehead atoms. The second-order valence-electron chi connectivity index (χ2n) is 5.77. The Bertz CT molecular complexity index is 956. The van der Waals surface area contributed by atoms with Crippen molar-refractivity contribution in [3.05, 3.63) is 57.0 Å². The molecule has 144 valence electrons. The molecule has 0 atom stereocenters. The fourth-order valence-corrected chi connectivity index (χ4v) is 5.03. The van der Waals surface area contributed by atoms with Crippen LogP contribution in [0.3, 0.4) is 0 Å². The zero-order valence-corrected chi connectivity index (χ0v) is 17.0. The van der Waals surface area contributed by atoms with Crippen LogP contribution in [0.15, 0.2) is 41.3 Å². The monoisotopic (exact) mass is 448 g/mol. The lowest BCUT2D eigenvalue weighted by molar-refractivity contribution is 0.0730. The van der Waals surface area contributed by atoms with Gasteiger partial charge in [-0.2, -0.15) is 4.31 Å². The fourth-order valence-electron chi connectivity index (χ4n) is 2.60. The average molecular weight is 450 g/mol. The molecular formula is C17H15Cl3N2O4S. The van der Waals surface area contributed by atoms with Crippen molar-refractivity contribution >= 4 is 56.4 Å². The minimum absolute atomic E-state index is 0.0452. The maximum Gasteiger partial charge on any atom is 0.255 e. The lowest BCUT2D eigenvalue weighted by Gasteiger charge is -2.26. The second kappa shape index (κ2) is 8.34. The standard InChI is InChI=1S/C17H15Cl3N2O4S/c18-12-8-13(19)10-14(9-12)21-17(23)11-1-2-15(20)16(7-11)27(24,25)22-3-5-26-6-4-22/h1-2,7-10H,3-6H2,(H,21,23). The minimum atomic E-state index is -3.84. The van der Waals surface area contributed by atoms with E-state index in [-0.39, 0.29) is 28.6 Å². The summed E-state index contributed by atoms with van der Waals surface area (Å²) in [6, 6.07) is 8.69. The summed E-state index contributed by atoms with van der Waals surface area (Å²) in [5, 5.41) is 3.41. The van der Waals surface area contributed by atoms with Crippen molar-refractivity contribution in [3.8, 4) is 0 Å². The fraction of sp³-hybridized carbons (Fsp3) is 0.235. The molecule has 1 heterocycles. The number of halogens is 3. The smallest absolute Gasteiger partial charge is 0.255 e. The van der Waals surface area contributed by atoms with Crippen molar-refractivity contribution < 1.29 is 17.9 Å². The highest BCUT2D eigenvalue weighted by atomic mass is 35.5. The van der Waals surface area contributed by atoms with Gasteiger partial charge in [0.15, 0.2) is 0 Å². The van der Waals surface area contributed by atoms with Gasteiger partial charge >= 0.3 is 0 Å². The van der Waals surface area contributed by atoms with Crippen molar-refractivity contribution in [2.45, 2.75) is 4.90 Å². The molecule has 1 amide bonds. The number of carbonyl (C=O) groups excluding carboxylic acids is 1. The van der Waals surface area contributed by atoms with Gasteiger partial charge in [-0.25, -0.2) is 8.42 Å². The molecule has 1 aliphatic rings. The van der Waals surface area contributed by atoms with Crippen LogP contribution >= 0.6 is 34.8 Å². The first kappa shape index (κ1) is 20.4. The van der Waals surface area contributed by atoms with E-state index < -0.39 is 15.9 Å². The van der Waals surface area contributed by atoms with Crippen LogP contribution in [-0.4, -0.2) is 44.9 Å². The van der Waals surface area contributed by atoms with E-state index in [9.17, 15) is 13.2 Å². The third-order valence-electron chi connectivity index (χ3n) is 3.90. The van der Waals surface area contributed by atoms with Gasteiger partial charge in [0.2, 0.25) is 10.0 Å². The summed E-state index contributed by atoms with van der Waals surface area (Å²) < 4.78 is 32.2. The molecule has 1 saturated heterocycles. The SMILES string of the molecule is O=C(Nc1cc(Cl)cc(Cl)c1)c1ccc(Cl)c(S(=O)(=O)N2CCOCC2)c1. The molecule has 27 heavy (non-hydrogen) atoms. The van der Waals surface area contributed by atoms with Crippen molar-refractivity contribution in [2.75, 3.05) is 31.6 Å². The second-order valence-corrected chi connectivity index (χ2v) is 8.96. The van der Waals surface area contributed by atoms with E-state index in [0.717, 1.165) is 0 Å². The van der Waals surface area contributed by atoms with Crippen LogP contribution in [0.2, 0.25) is 15.1 Å². The molecular weight excluding hydrogens is 435 g/mol. The van der Waals surface area contributed by atoms with Crippen molar-refractivity contribution in [1.82, 2.24) is 4.31 Å². The van der Waals surface area contributed by atoms with E-state index in [4.69, 9.17) is 39.5 Å². The number of hydrogen-bond acceptors (Lipinski definition) is 4. The van der Waals surface area contributed by atoms with Gasteiger partial charge in [0.25, 0.3) is 5.91 Å². The van der Waals surface area contributed by atoms with E-state index in [1.54, 1.807) is 0 Å². The van der Waals surface area contributed by atoms with Gasteiger partial charge < -0.3 is 10.1 Å². The quantitative estimate of drug-likeness (QED) is 0.767. The highest BCUT2D eigenvalue weighted by Crippen LogP contribution is 2.27. The Balaban J connectivity index is 1.89. The molecule has 0 aromatic heterocycles. The van der Waals surface area contributed by atoms with Crippen molar-refractivity contribution in [2.24, 2.45) is 0 Å². The normalized spacial score (nSPS) is 15.5. The van der Waals surface area contributed by atoms with Gasteiger partial charge in [0.05, 0.1) is 18.2 Å². The number of nitrogens with zero attached hydrogens (tertiary/aromatic N) is 1. The Hall–Kier alpha value is -1.35. The van der Waals surface area contributed by atoms with Gasteiger partial charge in [0.1, 0.15) is 4.90 Å². The van der Waals surface area contributed by atoms with Crippen LogP contribution in [0.4, 0.5) is 5.69 Å². The maximum absolute atomic E-state index is 12.8. The van der Waals surface area contributed by atoms with E-state index in [1.807, 2.05) is 0 Å². The lowest BCUT2D eigenvalue weighted by Crippen LogP contribution is -2.40. The summed E-state index contributed by atoms with van der Waals surface area (Å²) in [6.07, 6.45) is 0. The number of benzene rings is 2. The summed E-state index contributed by atoms with van der Waals surface area (Å²) in [4.78, 5) is 12.4. The van der Waals surface area contributed by atoms with E-state index in [0.29, 0.717) is 28.9 Å². The largest absolute Gasteiger partial charge is 0.379 e. The molecule has 1 fully saturated rings. The summed E-state index contributed by atoms with van der Waals surface area (Å²) in [7, 11) is -3.84. The van der Waals surface area contributed by atoms with Gasteiger partial charge in [0, 0.05) is 34.4 Å². The summed E-state index contributed by atoms with van der Waals surface area (Å²) >= 11 is 17.9. The highest BCUT2D eigenvalue weighted by molar-refractivity contribution is 7.89. The van der Waals surface area contributed by atoms with E-state index in [2.05, 4.69) is 5.32 Å². The van der Waals surface area contributed by atoms with Gasteiger partial charge in [-0.1, -0.05) is 34.8 Å². The Morgan fingerprint density at radius 3 is 2.26 bits per heavy atom. The molecule has 0 spiro atoms. The molecule has 10 heteroatoms. The van der Waals surface area contributed by atoms with Gasteiger partial charge in [-0.3, -0.25) is 4.79 Å². The number of anilines is 1. The summed E-state index contributed by atoms with van der Waals surface area (Å²) in [6.45, 7) is 1.09. The predicted molar refractivity (Wildman–Crippen MR) is 105 cm³/mol. The third kappa shape index (κ3) is 4.74. The predicted octanol–water partition coefficient (Wildman–Crippen LogP) is 3.92. The first-order chi connectivity index (χ1) is 12.8. The minimum Gasteiger partial charge on any atom is -0.379 e. The number of hydrogen-bond donors (Lipinski definition) is 1. The molecule has 1 aliphatic heterocycles. The topological polar surface area (TPSA) is 75.7 Å². The molecule has 0 unspecified atom stereocenters. The maximum atomic E-state index is 12.8. The number of rotatable bonds is 4. The number of morpholine rings is 1. The van der Waals surface area contributed by atoms with E-state index in [1.165, 1.54) is 40.7 Å². The van der Waals surface area contributed by atoms with Crippen LogP contribution in [0, 0.1) is 0 Å². The average Bonchev–Trinajstić information content (AvgIpc) is 2.61. The summed E-state index contributed by atoms with van der Waals surface area (Å²) in [5.41, 5.74) is 0.535. The first-order valence-corrected chi connectivity index (χ1v) is 10.5. The van der Waals surface area contributed by atoms with E-state index >= 15 is 0 Å². The molecule has 3 rings (SSSR count). The Morgan fingerprint density at radius 2 is 1.63 bits per heavy atom. The van der Waals surface area contributed by atoms with Crippen LogP contribution in [0.1, 0.15) is 10.4 Å². The van der Waals surface area contributed by atoms with Crippen LogP contribution in [-0.2, 0) is 14.8 Å². The molecule has 2 aromatic rings. The molecule has 1 N–H and O–H groups in total. The van der Waals surface area contributed by atoms with Gasteiger partial charge in [-0.15, -0.1) is 0 Å². The number of carbonyl (C=O) groups is 1.